The van der Waals surface area contributed by atoms with Gasteiger partial charge in [-0.2, -0.15) is 11.3 Å². The lowest BCUT2D eigenvalue weighted by Gasteiger charge is -2.25. The van der Waals surface area contributed by atoms with Crippen LogP contribution < -0.4 is 14.8 Å². The van der Waals surface area contributed by atoms with Crippen LogP contribution >= 0.6 is 11.3 Å². The van der Waals surface area contributed by atoms with Crippen LogP contribution in [0.3, 0.4) is 0 Å². The summed E-state index contributed by atoms with van der Waals surface area (Å²) in [7, 11) is 3.18. The van der Waals surface area contributed by atoms with E-state index < -0.39 is 0 Å². The first-order chi connectivity index (χ1) is 13.2. The number of ether oxygens (including phenoxy) is 2. The molecule has 140 valence electrons. The van der Waals surface area contributed by atoms with Gasteiger partial charge in [-0.25, -0.2) is 4.98 Å². The van der Waals surface area contributed by atoms with Crippen molar-refractivity contribution in [3.63, 3.8) is 0 Å². The van der Waals surface area contributed by atoms with Gasteiger partial charge in [0.2, 0.25) is 5.91 Å². The Bertz CT molecular complexity index is 950. The molecule has 0 aliphatic carbocycles. The molecule has 0 spiro atoms. The van der Waals surface area contributed by atoms with Crippen LogP contribution in [0, 0.1) is 5.92 Å². The minimum absolute atomic E-state index is 0.0165. The summed E-state index contributed by atoms with van der Waals surface area (Å²) in [6.07, 6.45) is 3.47. The van der Waals surface area contributed by atoms with Crippen LogP contribution in [0.4, 0.5) is 5.69 Å². The second kappa shape index (κ2) is 7.44. The van der Waals surface area contributed by atoms with Crippen molar-refractivity contribution in [1.82, 2.24) is 9.55 Å². The number of imidazole rings is 1. The second-order valence-corrected chi connectivity index (χ2v) is 7.25. The third kappa shape index (κ3) is 3.42. The fraction of sp³-hybridized carbons (Fsp3) is 0.300. The van der Waals surface area contributed by atoms with Gasteiger partial charge in [0, 0.05) is 30.0 Å². The van der Waals surface area contributed by atoms with Crippen molar-refractivity contribution in [2.45, 2.75) is 19.4 Å². The van der Waals surface area contributed by atoms with E-state index in [1.165, 1.54) is 0 Å². The number of nitrogens with zero attached hydrogens (tertiary/aromatic N) is 2. The van der Waals surface area contributed by atoms with Gasteiger partial charge in [-0.1, -0.05) is 0 Å². The molecule has 1 unspecified atom stereocenters. The number of nitrogens with one attached hydrogen (secondary N) is 1. The van der Waals surface area contributed by atoms with Crippen LogP contribution in [0.2, 0.25) is 0 Å². The minimum atomic E-state index is -0.125. The normalized spacial score (nSPS) is 15.9. The van der Waals surface area contributed by atoms with E-state index in [-0.39, 0.29) is 11.8 Å². The first-order valence-electron chi connectivity index (χ1n) is 8.79. The predicted octanol–water partition coefficient (Wildman–Crippen LogP) is 3.83. The summed E-state index contributed by atoms with van der Waals surface area (Å²) < 4.78 is 12.8. The average molecular weight is 383 g/mol. The minimum Gasteiger partial charge on any atom is -0.497 e. The summed E-state index contributed by atoms with van der Waals surface area (Å²) in [4.78, 5) is 17.5. The Morgan fingerprint density at radius 2 is 2.19 bits per heavy atom. The first kappa shape index (κ1) is 17.6. The Labute approximate surface area is 161 Å². The van der Waals surface area contributed by atoms with Gasteiger partial charge in [0.15, 0.2) is 0 Å². The molecule has 6 nitrogen and oxygen atoms in total. The molecule has 0 saturated heterocycles. The van der Waals surface area contributed by atoms with Gasteiger partial charge in [0.25, 0.3) is 0 Å². The maximum absolute atomic E-state index is 12.9. The third-order valence-corrected chi connectivity index (χ3v) is 5.59. The van der Waals surface area contributed by atoms with Crippen molar-refractivity contribution >= 4 is 22.9 Å². The highest BCUT2D eigenvalue weighted by Gasteiger charge is 2.28. The fourth-order valence-corrected chi connectivity index (χ4v) is 4.08. The molecule has 7 heteroatoms. The van der Waals surface area contributed by atoms with Crippen molar-refractivity contribution in [2.75, 3.05) is 19.5 Å². The molecule has 3 aromatic rings. The van der Waals surface area contributed by atoms with E-state index in [1.807, 2.05) is 6.20 Å². The number of anilines is 1. The van der Waals surface area contributed by atoms with Crippen molar-refractivity contribution in [2.24, 2.45) is 5.92 Å². The van der Waals surface area contributed by atoms with Gasteiger partial charge in [-0.15, -0.1) is 0 Å². The highest BCUT2D eigenvalue weighted by Crippen LogP contribution is 2.32. The highest BCUT2D eigenvalue weighted by molar-refractivity contribution is 7.08. The molecule has 3 heterocycles. The standard InChI is InChI=1S/C20H21N3O3S/c1-25-15-4-5-18(26-2)16(9-15)22-20(24)13-3-6-19-21-10-17(23(19)11-13)14-7-8-27-12-14/h4-5,7-10,12-13H,3,6,11H2,1-2H3,(H,22,24). The molecule has 0 fully saturated rings. The van der Waals surface area contributed by atoms with Crippen LogP contribution in [-0.4, -0.2) is 29.7 Å². The van der Waals surface area contributed by atoms with E-state index in [1.54, 1.807) is 43.8 Å². The van der Waals surface area contributed by atoms with Gasteiger partial charge in [0.05, 0.1) is 37.7 Å². The van der Waals surface area contributed by atoms with E-state index in [4.69, 9.17) is 9.47 Å². The number of methoxy groups -OCH3 is 2. The Balaban J connectivity index is 1.54. The van der Waals surface area contributed by atoms with Crippen molar-refractivity contribution in [3.8, 4) is 22.8 Å². The number of hydrogen-bond donors (Lipinski definition) is 1. The van der Waals surface area contributed by atoms with E-state index >= 15 is 0 Å². The molecular weight excluding hydrogens is 362 g/mol. The predicted molar refractivity (Wildman–Crippen MR) is 106 cm³/mol. The molecule has 4 rings (SSSR count). The largest absolute Gasteiger partial charge is 0.497 e. The Hall–Kier alpha value is -2.80. The summed E-state index contributed by atoms with van der Waals surface area (Å²) in [6.45, 7) is 0.624. The number of hydrogen-bond acceptors (Lipinski definition) is 5. The molecule has 0 bridgehead atoms. The molecule has 1 N–H and O–H groups in total. The van der Waals surface area contributed by atoms with Gasteiger partial charge in [0.1, 0.15) is 17.3 Å². The lowest BCUT2D eigenvalue weighted by molar-refractivity contribution is -0.120. The number of fused-ring (bicyclic) bond motifs is 1. The maximum atomic E-state index is 12.9. The zero-order valence-electron chi connectivity index (χ0n) is 15.3. The van der Waals surface area contributed by atoms with Crippen molar-refractivity contribution in [1.29, 1.82) is 0 Å². The smallest absolute Gasteiger partial charge is 0.229 e. The Morgan fingerprint density at radius 1 is 1.30 bits per heavy atom. The number of carbonyl (C=O) groups is 1. The number of rotatable bonds is 5. The Kier molecular flexibility index (Phi) is 4.85. The molecule has 1 aromatic carbocycles. The van der Waals surface area contributed by atoms with Crippen molar-refractivity contribution in [3.05, 3.63) is 47.0 Å². The zero-order chi connectivity index (χ0) is 18.8. The molecule has 2 aromatic heterocycles. The number of carbonyl (C=O) groups excluding carboxylic acids is 1. The summed E-state index contributed by atoms with van der Waals surface area (Å²) in [5.41, 5.74) is 2.84. The summed E-state index contributed by atoms with van der Waals surface area (Å²) in [5, 5.41) is 7.17. The lowest BCUT2D eigenvalue weighted by atomic mass is 9.98. The van der Waals surface area contributed by atoms with E-state index in [0.717, 1.165) is 29.9 Å². The SMILES string of the molecule is COc1ccc(OC)c(NC(=O)C2CCc3ncc(-c4ccsc4)n3C2)c1. The molecule has 0 saturated carbocycles. The number of aryl methyl sites for hydroxylation is 1. The van der Waals surface area contributed by atoms with E-state index in [0.29, 0.717) is 23.7 Å². The van der Waals surface area contributed by atoms with E-state index in [9.17, 15) is 4.79 Å². The summed E-state index contributed by atoms with van der Waals surface area (Å²) >= 11 is 1.66. The zero-order valence-corrected chi connectivity index (χ0v) is 16.1. The third-order valence-electron chi connectivity index (χ3n) is 4.91. The van der Waals surface area contributed by atoms with Gasteiger partial charge >= 0.3 is 0 Å². The van der Waals surface area contributed by atoms with Gasteiger partial charge in [-0.3, -0.25) is 4.79 Å². The van der Waals surface area contributed by atoms with Crippen molar-refractivity contribution < 1.29 is 14.3 Å². The highest BCUT2D eigenvalue weighted by atomic mass is 32.1. The second-order valence-electron chi connectivity index (χ2n) is 6.47. The van der Waals surface area contributed by atoms with Crippen LogP contribution in [-0.2, 0) is 17.8 Å². The molecule has 1 amide bonds. The fourth-order valence-electron chi connectivity index (χ4n) is 3.43. The monoisotopic (exact) mass is 383 g/mol. The Morgan fingerprint density at radius 3 is 2.93 bits per heavy atom. The number of benzene rings is 1. The molecule has 1 aliphatic rings. The van der Waals surface area contributed by atoms with Gasteiger partial charge < -0.3 is 19.4 Å². The molecule has 0 radical (unpaired) electrons. The summed E-state index contributed by atoms with van der Waals surface area (Å²) in [5.74, 6) is 2.19. The van der Waals surface area contributed by atoms with Crippen LogP contribution in [0.5, 0.6) is 11.5 Å². The van der Waals surface area contributed by atoms with Crippen LogP contribution in [0.1, 0.15) is 12.2 Å². The number of aromatic nitrogens is 2. The first-order valence-corrected chi connectivity index (χ1v) is 9.73. The molecule has 27 heavy (non-hydrogen) atoms. The molecule has 1 aliphatic heterocycles. The lowest BCUT2D eigenvalue weighted by Crippen LogP contribution is -2.31. The quantitative estimate of drug-likeness (QED) is 0.727. The number of amides is 1. The topological polar surface area (TPSA) is 65.4 Å². The maximum Gasteiger partial charge on any atom is 0.229 e. The van der Waals surface area contributed by atoms with Crippen LogP contribution in [0.15, 0.2) is 41.2 Å². The average Bonchev–Trinajstić information content (AvgIpc) is 3.36. The van der Waals surface area contributed by atoms with Gasteiger partial charge in [-0.05, 0) is 30.0 Å². The molecular formula is C20H21N3O3S. The summed E-state index contributed by atoms with van der Waals surface area (Å²) in [6, 6.07) is 7.46. The van der Waals surface area contributed by atoms with E-state index in [2.05, 4.69) is 31.7 Å². The molecule has 1 atom stereocenters. The number of thiophene rings is 1. The van der Waals surface area contributed by atoms with Crippen LogP contribution in [0.25, 0.3) is 11.3 Å².